The first-order valence-corrected chi connectivity index (χ1v) is 4.95. The Hall–Kier alpha value is -1.91. The Kier molecular flexibility index (Phi) is 2.85. The van der Waals surface area contributed by atoms with E-state index in [-0.39, 0.29) is 6.04 Å². The molecule has 0 aliphatic rings. The van der Waals surface area contributed by atoms with Gasteiger partial charge in [-0.3, -0.25) is 0 Å². The van der Waals surface area contributed by atoms with Gasteiger partial charge in [0.05, 0.1) is 18.4 Å². The summed E-state index contributed by atoms with van der Waals surface area (Å²) in [5.74, 6) is 1.57. The number of nitrogens with zero attached hydrogens (tertiary/aromatic N) is 2. The number of anilines is 1. The van der Waals surface area contributed by atoms with Gasteiger partial charge in [0.2, 0.25) is 5.95 Å². The van der Waals surface area contributed by atoms with Crippen LogP contribution in [0.1, 0.15) is 24.5 Å². The second-order valence-electron chi connectivity index (χ2n) is 3.54. The molecule has 2 aromatic heterocycles. The SMILES string of the molecule is Cc1ccc(C(C)Nc2ncc(F)cn2)o1. The van der Waals surface area contributed by atoms with Crippen LogP contribution in [-0.4, -0.2) is 9.97 Å². The van der Waals surface area contributed by atoms with Crippen molar-refractivity contribution in [1.82, 2.24) is 9.97 Å². The van der Waals surface area contributed by atoms with Gasteiger partial charge in [0.1, 0.15) is 11.5 Å². The summed E-state index contributed by atoms with van der Waals surface area (Å²) >= 11 is 0. The Labute approximate surface area is 92.5 Å². The molecule has 1 atom stereocenters. The number of nitrogens with one attached hydrogen (secondary N) is 1. The van der Waals surface area contributed by atoms with E-state index in [0.717, 1.165) is 23.9 Å². The Morgan fingerprint density at radius 1 is 1.31 bits per heavy atom. The number of halogens is 1. The maximum Gasteiger partial charge on any atom is 0.223 e. The van der Waals surface area contributed by atoms with Crippen LogP contribution in [0.3, 0.4) is 0 Å². The van der Waals surface area contributed by atoms with Crippen molar-refractivity contribution in [2.75, 3.05) is 5.32 Å². The minimum atomic E-state index is -0.452. The second-order valence-corrected chi connectivity index (χ2v) is 3.54. The van der Waals surface area contributed by atoms with Gasteiger partial charge < -0.3 is 9.73 Å². The Bertz CT molecular complexity index is 466. The molecule has 0 bridgehead atoms. The molecule has 0 aliphatic carbocycles. The molecule has 5 heteroatoms. The molecule has 0 fully saturated rings. The summed E-state index contributed by atoms with van der Waals surface area (Å²) in [5, 5.41) is 3.02. The molecule has 4 nitrogen and oxygen atoms in total. The molecule has 1 N–H and O–H groups in total. The molecule has 0 spiro atoms. The first-order valence-electron chi connectivity index (χ1n) is 4.95. The fourth-order valence-corrected chi connectivity index (χ4v) is 1.34. The molecule has 0 radical (unpaired) electrons. The zero-order valence-corrected chi connectivity index (χ0v) is 9.07. The van der Waals surface area contributed by atoms with Gasteiger partial charge in [-0.05, 0) is 26.0 Å². The van der Waals surface area contributed by atoms with E-state index in [4.69, 9.17) is 4.42 Å². The van der Waals surface area contributed by atoms with Crippen LogP contribution in [0, 0.1) is 12.7 Å². The summed E-state index contributed by atoms with van der Waals surface area (Å²) in [7, 11) is 0. The molecule has 0 saturated carbocycles. The molecule has 16 heavy (non-hydrogen) atoms. The average Bonchev–Trinajstić information content (AvgIpc) is 2.68. The highest BCUT2D eigenvalue weighted by atomic mass is 19.1. The smallest absolute Gasteiger partial charge is 0.223 e. The third-order valence-electron chi connectivity index (χ3n) is 2.15. The second kappa shape index (κ2) is 4.30. The summed E-state index contributed by atoms with van der Waals surface area (Å²) < 4.78 is 18.0. The van der Waals surface area contributed by atoms with Gasteiger partial charge in [-0.1, -0.05) is 0 Å². The van der Waals surface area contributed by atoms with Crippen molar-refractivity contribution in [2.24, 2.45) is 0 Å². The molecule has 1 unspecified atom stereocenters. The minimum Gasteiger partial charge on any atom is -0.464 e. The third kappa shape index (κ3) is 2.36. The molecule has 84 valence electrons. The van der Waals surface area contributed by atoms with Crippen LogP contribution in [0.4, 0.5) is 10.3 Å². The fraction of sp³-hybridized carbons (Fsp3) is 0.273. The highest BCUT2D eigenvalue weighted by molar-refractivity contribution is 5.27. The minimum absolute atomic E-state index is 0.0563. The van der Waals surface area contributed by atoms with Crippen LogP contribution in [0.25, 0.3) is 0 Å². The van der Waals surface area contributed by atoms with Crippen LogP contribution >= 0.6 is 0 Å². The maximum absolute atomic E-state index is 12.6. The molecule has 0 amide bonds. The van der Waals surface area contributed by atoms with E-state index >= 15 is 0 Å². The van der Waals surface area contributed by atoms with Crippen molar-refractivity contribution in [3.63, 3.8) is 0 Å². The largest absolute Gasteiger partial charge is 0.464 e. The predicted octanol–water partition coefficient (Wildman–Crippen LogP) is 2.69. The van der Waals surface area contributed by atoms with Crippen LogP contribution in [0.5, 0.6) is 0 Å². The quantitative estimate of drug-likeness (QED) is 0.865. The number of hydrogen-bond acceptors (Lipinski definition) is 4. The summed E-state index contributed by atoms with van der Waals surface area (Å²) in [6, 6.07) is 3.72. The average molecular weight is 221 g/mol. The maximum atomic E-state index is 12.6. The lowest BCUT2D eigenvalue weighted by molar-refractivity contribution is 0.466. The van der Waals surface area contributed by atoms with Gasteiger partial charge in [-0.15, -0.1) is 0 Å². The lowest BCUT2D eigenvalue weighted by Crippen LogP contribution is -2.08. The van der Waals surface area contributed by atoms with Gasteiger partial charge >= 0.3 is 0 Å². The summed E-state index contributed by atoms with van der Waals surface area (Å²) in [4.78, 5) is 7.62. The Morgan fingerprint density at radius 3 is 2.56 bits per heavy atom. The van der Waals surface area contributed by atoms with Crippen LogP contribution < -0.4 is 5.32 Å². The van der Waals surface area contributed by atoms with E-state index in [1.165, 1.54) is 0 Å². The van der Waals surface area contributed by atoms with Crippen molar-refractivity contribution in [3.05, 3.63) is 41.9 Å². The van der Waals surface area contributed by atoms with Crippen molar-refractivity contribution < 1.29 is 8.81 Å². The molecular weight excluding hydrogens is 209 g/mol. The zero-order chi connectivity index (χ0) is 11.5. The van der Waals surface area contributed by atoms with Gasteiger partial charge in [0.15, 0.2) is 5.82 Å². The van der Waals surface area contributed by atoms with Gasteiger partial charge in [-0.25, -0.2) is 14.4 Å². The first-order chi connectivity index (χ1) is 7.65. The molecule has 0 saturated heterocycles. The number of aryl methyl sites for hydroxylation is 1. The molecule has 2 heterocycles. The van der Waals surface area contributed by atoms with Crippen LogP contribution in [0.2, 0.25) is 0 Å². The number of furan rings is 1. The Morgan fingerprint density at radius 2 is 2.00 bits per heavy atom. The summed E-state index contributed by atoms with van der Waals surface area (Å²) in [5.41, 5.74) is 0. The van der Waals surface area contributed by atoms with Crippen molar-refractivity contribution in [2.45, 2.75) is 19.9 Å². The van der Waals surface area contributed by atoms with Gasteiger partial charge in [-0.2, -0.15) is 0 Å². The van der Waals surface area contributed by atoms with Crippen LogP contribution in [-0.2, 0) is 0 Å². The van der Waals surface area contributed by atoms with Gasteiger partial charge in [0.25, 0.3) is 0 Å². The lowest BCUT2D eigenvalue weighted by Gasteiger charge is -2.10. The van der Waals surface area contributed by atoms with Crippen molar-refractivity contribution >= 4 is 5.95 Å². The van der Waals surface area contributed by atoms with Gasteiger partial charge in [0, 0.05) is 0 Å². The number of aromatic nitrogens is 2. The Balaban J connectivity index is 2.07. The van der Waals surface area contributed by atoms with E-state index in [1.54, 1.807) is 0 Å². The summed E-state index contributed by atoms with van der Waals surface area (Å²) in [6.45, 7) is 3.80. The predicted molar refractivity (Wildman–Crippen MR) is 57.5 cm³/mol. The van der Waals surface area contributed by atoms with E-state index in [2.05, 4.69) is 15.3 Å². The topological polar surface area (TPSA) is 51.0 Å². The molecule has 0 aliphatic heterocycles. The highest BCUT2D eigenvalue weighted by Crippen LogP contribution is 2.18. The first kappa shape index (κ1) is 10.6. The van der Waals surface area contributed by atoms with Crippen molar-refractivity contribution in [1.29, 1.82) is 0 Å². The molecule has 2 aromatic rings. The van der Waals surface area contributed by atoms with Crippen molar-refractivity contribution in [3.8, 4) is 0 Å². The number of hydrogen-bond donors (Lipinski definition) is 1. The van der Waals surface area contributed by atoms with Crippen LogP contribution in [0.15, 0.2) is 28.9 Å². The molecular formula is C11H12FN3O. The van der Waals surface area contributed by atoms with E-state index in [0.29, 0.717) is 5.95 Å². The highest BCUT2D eigenvalue weighted by Gasteiger charge is 2.10. The lowest BCUT2D eigenvalue weighted by atomic mass is 10.2. The monoisotopic (exact) mass is 221 g/mol. The van der Waals surface area contributed by atoms with E-state index in [9.17, 15) is 4.39 Å². The third-order valence-corrected chi connectivity index (χ3v) is 2.15. The standard InChI is InChI=1S/C11H12FN3O/c1-7-3-4-10(16-7)8(2)15-11-13-5-9(12)6-14-11/h3-6,8H,1-2H3,(H,13,14,15). The zero-order valence-electron chi connectivity index (χ0n) is 9.07. The number of rotatable bonds is 3. The van der Waals surface area contributed by atoms with E-state index < -0.39 is 5.82 Å². The normalized spacial score (nSPS) is 12.4. The molecule has 0 aromatic carbocycles. The summed E-state index contributed by atoms with van der Waals surface area (Å²) in [6.07, 6.45) is 2.24. The van der Waals surface area contributed by atoms with E-state index in [1.807, 2.05) is 26.0 Å². The fourth-order valence-electron chi connectivity index (χ4n) is 1.34. The molecule has 2 rings (SSSR count).